The van der Waals surface area contributed by atoms with E-state index in [1.807, 2.05) is 30.3 Å². The Bertz CT molecular complexity index is 1360. The number of likely N-dealkylation sites (tertiary alicyclic amines) is 1. The van der Waals surface area contributed by atoms with E-state index in [9.17, 15) is 23.1 Å². The minimum absolute atomic E-state index is 0.239. The van der Waals surface area contributed by atoms with E-state index in [-0.39, 0.29) is 37.2 Å². The average molecular weight is 527 g/mol. The molecule has 5 rings (SSSR count). The Morgan fingerprint density at radius 2 is 2.00 bits per heavy atom. The van der Waals surface area contributed by atoms with Gasteiger partial charge in [-0.1, -0.05) is 37.3 Å². The van der Waals surface area contributed by atoms with Crippen LogP contribution in [0.3, 0.4) is 0 Å². The maximum atomic E-state index is 14.8. The van der Waals surface area contributed by atoms with Gasteiger partial charge in [0.15, 0.2) is 0 Å². The molecule has 1 saturated heterocycles. The molecule has 0 radical (unpaired) electrons. The number of benzene rings is 2. The molecular formula is C29H29F3N2O4. The second-order valence-electron chi connectivity index (χ2n) is 10.2. The van der Waals surface area contributed by atoms with Gasteiger partial charge in [0.2, 0.25) is 5.88 Å². The van der Waals surface area contributed by atoms with Gasteiger partial charge in [0.05, 0.1) is 32.3 Å². The lowest BCUT2D eigenvalue weighted by molar-refractivity contribution is -0.141. The van der Waals surface area contributed by atoms with Crippen LogP contribution in [0.25, 0.3) is 11.1 Å². The quantitative estimate of drug-likeness (QED) is 0.408. The molecule has 3 aromatic rings. The van der Waals surface area contributed by atoms with Crippen LogP contribution >= 0.6 is 0 Å². The molecule has 0 bridgehead atoms. The minimum atomic E-state index is -2.71. The number of ether oxygens (including phenoxy) is 2. The molecule has 0 saturated carbocycles. The molecule has 0 amide bonds. The van der Waals surface area contributed by atoms with E-state index in [0.29, 0.717) is 23.3 Å². The second-order valence-corrected chi connectivity index (χ2v) is 10.2. The van der Waals surface area contributed by atoms with E-state index in [2.05, 4.69) is 4.98 Å². The standard InChI is InChI=1S/C29H29F3N2O4/c1-17(28(35)36)9-18-3-4-19-6-8-25(38-26(19)10-18)20-5-7-22(23-12-27(37-2)33-13-24(23)30)21(11-20)14-34-15-29(31,32)16-34/h3-5,7,10-13,17,25H,6,8-9,14-16H2,1-2H3,(H,35,36). The van der Waals surface area contributed by atoms with E-state index < -0.39 is 23.6 Å². The molecule has 2 unspecified atom stereocenters. The summed E-state index contributed by atoms with van der Waals surface area (Å²) in [7, 11) is 1.45. The van der Waals surface area contributed by atoms with Gasteiger partial charge in [-0.2, -0.15) is 0 Å². The Labute approximate surface area is 219 Å². The van der Waals surface area contributed by atoms with Crippen LogP contribution in [0.4, 0.5) is 13.2 Å². The van der Waals surface area contributed by atoms with E-state index in [4.69, 9.17) is 9.47 Å². The molecule has 3 heterocycles. The van der Waals surface area contributed by atoms with E-state index in [1.165, 1.54) is 13.2 Å². The van der Waals surface area contributed by atoms with Crippen molar-refractivity contribution >= 4 is 5.97 Å². The smallest absolute Gasteiger partial charge is 0.306 e. The van der Waals surface area contributed by atoms with Crippen LogP contribution in [0.15, 0.2) is 48.7 Å². The molecule has 1 N–H and O–H groups in total. The van der Waals surface area contributed by atoms with Gasteiger partial charge in [-0.3, -0.25) is 9.69 Å². The summed E-state index contributed by atoms with van der Waals surface area (Å²) in [5.74, 6) is -3.63. The van der Waals surface area contributed by atoms with Crippen molar-refractivity contribution in [3.63, 3.8) is 0 Å². The molecular weight excluding hydrogens is 497 g/mol. The van der Waals surface area contributed by atoms with E-state index in [1.54, 1.807) is 17.9 Å². The zero-order valence-electron chi connectivity index (χ0n) is 21.2. The van der Waals surface area contributed by atoms with Gasteiger partial charge < -0.3 is 14.6 Å². The molecule has 2 atom stereocenters. The van der Waals surface area contributed by atoms with Crippen molar-refractivity contribution in [1.29, 1.82) is 0 Å². The highest BCUT2D eigenvalue weighted by Gasteiger charge is 2.43. The number of fused-ring (bicyclic) bond motifs is 1. The Morgan fingerprint density at radius 1 is 1.21 bits per heavy atom. The molecule has 2 aromatic carbocycles. The summed E-state index contributed by atoms with van der Waals surface area (Å²) >= 11 is 0. The number of pyridine rings is 1. The van der Waals surface area contributed by atoms with Crippen LogP contribution in [-0.2, 0) is 24.2 Å². The maximum absolute atomic E-state index is 14.8. The van der Waals surface area contributed by atoms with Gasteiger partial charge in [-0.05, 0) is 53.1 Å². The highest BCUT2D eigenvalue weighted by atomic mass is 19.3. The van der Waals surface area contributed by atoms with E-state index >= 15 is 0 Å². The van der Waals surface area contributed by atoms with Crippen LogP contribution in [-0.4, -0.2) is 47.1 Å². The van der Waals surface area contributed by atoms with Crippen LogP contribution in [0, 0.1) is 11.7 Å². The summed E-state index contributed by atoms with van der Waals surface area (Å²) in [6, 6.07) is 12.9. The number of alkyl halides is 2. The number of aryl methyl sites for hydroxylation is 1. The number of hydrogen-bond donors (Lipinski definition) is 1. The van der Waals surface area contributed by atoms with Crippen molar-refractivity contribution in [2.45, 2.75) is 44.8 Å². The monoisotopic (exact) mass is 526 g/mol. The van der Waals surface area contributed by atoms with E-state index in [0.717, 1.165) is 35.7 Å². The predicted molar refractivity (Wildman–Crippen MR) is 135 cm³/mol. The fourth-order valence-corrected chi connectivity index (χ4v) is 5.12. The van der Waals surface area contributed by atoms with Gasteiger partial charge in [0, 0.05) is 18.2 Å². The predicted octanol–water partition coefficient (Wildman–Crippen LogP) is 5.68. The molecule has 0 aliphatic carbocycles. The van der Waals surface area contributed by atoms with Gasteiger partial charge >= 0.3 is 5.97 Å². The molecule has 2 aliphatic heterocycles. The maximum Gasteiger partial charge on any atom is 0.306 e. The summed E-state index contributed by atoms with van der Waals surface area (Å²) in [4.78, 5) is 16.8. The van der Waals surface area contributed by atoms with Gasteiger partial charge in [-0.25, -0.2) is 18.2 Å². The minimum Gasteiger partial charge on any atom is -0.485 e. The lowest BCUT2D eigenvalue weighted by atomic mass is 9.91. The van der Waals surface area contributed by atoms with Crippen LogP contribution in [0.2, 0.25) is 0 Å². The van der Waals surface area contributed by atoms with Gasteiger partial charge in [0.1, 0.15) is 17.7 Å². The summed E-state index contributed by atoms with van der Waals surface area (Å²) < 4.78 is 53.5. The number of carboxylic acids is 1. The molecule has 2 aliphatic rings. The first-order valence-electron chi connectivity index (χ1n) is 12.6. The number of aliphatic carboxylic acids is 1. The molecule has 1 aromatic heterocycles. The van der Waals surface area contributed by atoms with Crippen molar-refractivity contribution in [2.24, 2.45) is 5.92 Å². The average Bonchev–Trinajstić information content (AvgIpc) is 2.87. The molecule has 200 valence electrons. The molecule has 38 heavy (non-hydrogen) atoms. The Hall–Kier alpha value is -3.59. The second kappa shape index (κ2) is 10.3. The summed E-state index contributed by atoms with van der Waals surface area (Å²) in [6.45, 7) is 1.22. The Morgan fingerprint density at radius 3 is 2.71 bits per heavy atom. The highest BCUT2D eigenvalue weighted by Crippen LogP contribution is 2.39. The summed E-state index contributed by atoms with van der Waals surface area (Å²) in [5, 5.41) is 9.25. The topological polar surface area (TPSA) is 71.9 Å². The molecule has 6 nitrogen and oxygen atoms in total. The Balaban J connectivity index is 1.44. The Kier molecular flexibility index (Phi) is 7.05. The number of carbonyl (C=O) groups is 1. The van der Waals surface area contributed by atoms with Crippen molar-refractivity contribution in [1.82, 2.24) is 9.88 Å². The third-order valence-corrected chi connectivity index (χ3v) is 7.17. The van der Waals surface area contributed by atoms with Crippen LogP contribution in [0.5, 0.6) is 11.6 Å². The SMILES string of the molecule is COc1cc(-c2ccc(C3CCc4ccc(CC(C)C(=O)O)cc4O3)cc2CN2CC(F)(F)C2)c(F)cn1. The van der Waals surface area contributed by atoms with Gasteiger partial charge in [-0.15, -0.1) is 0 Å². The molecule has 0 spiro atoms. The van der Waals surface area contributed by atoms with Crippen molar-refractivity contribution < 1.29 is 32.5 Å². The fraction of sp³-hybridized carbons (Fsp3) is 0.379. The zero-order chi connectivity index (χ0) is 27.0. The number of aromatic nitrogens is 1. The largest absolute Gasteiger partial charge is 0.485 e. The number of nitrogens with zero attached hydrogens (tertiary/aromatic N) is 2. The summed E-state index contributed by atoms with van der Waals surface area (Å²) in [6.07, 6.45) is 2.71. The number of hydrogen-bond acceptors (Lipinski definition) is 5. The van der Waals surface area contributed by atoms with Crippen molar-refractivity contribution in [2.75, 3.05) is 20.2 Å². The number of methoxy groups -OCH3 is 1. The third kappa shape index (κ3) is 5.48. The summed E-state index contributed by atoms with van der Waals surface area (Å²) in [5.41, 5.74) is 4.40. The zero-order valence-corrected chi connectivity index (χ0v) is 21.2. The normalized spacial score (nSPS) is 19.1. The van der Waals surface area contributed by atoms with Crippen molar-refractivity contribution in [3.8, 4) is 22.8 Å². The third-order valence-electron chi connectivity index (χ3n) is 7.17. The fourth-order valence-electron chi connectivity index (χ4n) is 5.12. The first-order valence-corrected chi connectivity index (χ1v) is 12.6. The number of rotatable bonds is 8. The first kappa shape index (κ1) is 26.0. The van der Waals surface area contributed by atoms with Crippen LogP contribution in [0.1, 0.15) is 41.7 Å². The van der Waals surface area contributed by atoms with Crippen LogP contribution < -0.4 is 9.47 Å². The molecule has 1 fully saturated rings. The lowest BCUT2D eigenvalue weighted by Gasteiger charge is -2.39. The lowest BCUT2D eigenvalue weighted by Crippen LogP contribution is -2.55. The van der Waals surface area contributed by atoms with Crippen molar-refractivity contribution in [3.05, 3.63) is 76.7 Å². The number of halogens is 3. The van der Waals surface area contributed by atoms with Gasteiger partial charge in [0.25, 0.3) is 5.92 Å². The highest BCUT2D eigenvalue weighted by molar-refractivity contribution is 5.70. The first-order chi connectivity index (χ1) is 18.1. The molecule has 9 heteroatoms. The number of carboxylic acid groups (broad SMARTS) is 1.